The normalized spacial score (nSPS) is 11.3. The molecular formula is C24H22ClN5O5S. The second-order valence-corrected chi connectivity index (χ2v) is 10.3. The van der Waals surface area contributed by atoms with Crippen molar-refractivity contribution in [3.63, 3.8) is 0 Å². The molecule has 0 unspecified atom stereocenters. The van der Waals surface area contributed by atoms with Gasteiger partial charge in [-0.05, 0) is 54.4 Å². The van der Waals surface area contributed by atoms with Crippen molar-refractivity contribution in [2.75, 3.05) is 24.1 Å². The lowest BCUT2D eigenvalue weighted by molar-refractivity contribution is 0.230. The number of hydrogen-bond donors (Lipinski definition) is 4. The molecule has 0 saturated heterocycles. The number of rotatable bonds is 5. The monoisotopic (exact) mass is 527 g/mol. The minimum atomic E-state index is -4.04. The van der Waals surface area contributed by atoms with Gasteiger partial charge in [-0.2, -0.15) is 0 Å². The third-order valence-corrected chi connectivity index (χ3v) is 7.22. The van der Waals surface area contributed by atoms with Crippen LogP contribution in [0.3, 0.4) is 0 Å². The molecule has 4 rings (SSSR count). The number of H-pyrrole nitrogens is 2. The van der Waals surface area contributed by atoms with Crippen molar-refractivity contribution in [2.24, 2.45) is 0 Å². The molecule has 4 N–H and O–H groups in total. The van der Waals surface area contributed by atoms with Gasteiger partial charge >= 0.3 is 17.1 Å². The summed E-state index contributed by atoms with van der Waals surface area (Å²) in [5.41, 5.74) is 1.49. The van der Waals surface area contributed by atoms with Crippen molar-refractivity contribution >= 4 is 50.1 Å². The Morgan fingerprint density at radius 1 is 0.889 bits per heavy atom. The Kier molecular flexibility index (Phi) is 6.61. The maximum absolute atomic E-state index is 13.1. The molecule has 3 aromatic carbocycles. The first-order valence-corrected chi connectivity index (χ1v) is 12.5. The number of halogens is 1. The quantitative estimate of drug-likeness (QED) is 0.292. The number of fused-ring (bicyclic) bond motifs is 1. The van der Waals surface area contributed by atoms with Crippen molar-refractivity contribution in [3.8, 4) is 11.1 Å². The van der Waals surface area contributed by atoms with Crippen LogP contribution < -0.4 is 21.2 Å². The molecule has 0 aliphatic carbocycles. The molecule has 0 spiro atoms. The van der Waals surface area contributed by atoms with Crippen LogP contribution in [0.2, 0.25) is 5.02 Å². The van der Waals surface area contributed by atoms with E-state index in [0.717, 1.165) is 5.56 Å². The standard InChI is InChI=1S/C24H22ClN5O5S/c1-13-10-19-20(28-23(32)22(31)27-19)12-21(13)36(34,35)29-16-8-9-17(18(25)11-16)14-4-6-15(7-5-14)26-24(33)30(2)3/h4-12,29H,1-3H3,(H,26,33)(H,27,31)(H,28,32). The minimum Gasteiger partial charge on any atom is -0.331 e. The van der Waals surface area contributed by atoms with E-state index in [-0.39, 0.29) is 22.1 Å². The van der Waals surface area contributed by atoms with Gasteiger partial charge in [0.2, 0.25) is 0 Å². The summed E-state index contributed by atoms with van der Waals surface area (Å²) in [5, 5.41) is 3.06. The highest BCUT2D eigenvalue weighted by atomic mass is 35.5. The number of nitrogens with zero attached hydrogens (tertiary/aromatic N) is 1. The molecule has 1 heterocycles. The third kappa shape index (κ3) is 5.11. The zero-order chi connectivity index (χ0) is 26.2. The zero-order valence-corrected chi connectivity index (χ0v) is 21.0. The average Bonchev–Trinajstić information content (AvgIpc) is 2.80. The lowest BCUT2D eigenvalue weighted by Gasteiger charge is -2.14. The van der Waals surface area contributed by atoms with Crippen molar-refractivity contribution in [1.82, 2.24) is 14.9 Å². The van der Waals surface area contributed by atoms with E-state index >= 15 is 0 Å². The molecule has 1 aromatic heterocycles. The Balaban J connectivity index is 1.59. The Labute approximate surface area is 211 Å². The number of carbonyl (C=O) groups is 1. The van der Waals surface area contributed by atoms with E-state index in [2.05, 4.69) is 20.0 Å². The predicted molar refractivity (Wildman–Crippen MR) is 140 cm³/mol. The van der Waals surface area contributed by atoms with Gasteiger partial charge in [-0.1, -0.05) is 29.8 Å². The van der Waals surface area contributed by atoms with Gasteiger partial charge in [-0.3, -0.25) is 14.3 Å². The second kappa shape index (κ2) is 9.51. The molecule has 0 atom stereocenters. The summed E-state index contributed by atoms with van der Waals surface area (Å²) < 4.78 is 28.7. The van der Waals surface area contributed by atoms with Gasteiger partial charge in [0.15, 0.2) is 0 Å². The summed E-state index contributed by atoms with van der Waals surface area (Å²) in [6.45, 7) is 1.58. The Hall–Kier alpha value is -4.09. The van der Waals surface area contributed by atoms with Gasteiger partial charge in [-0.25, -0.2) is 13.2 Å². The predicted octanol–water partition coefficient (Wildman–Crippen LogP) is 3.74. The van der Waals surface area contributed by atoms with Crippen molar-refractivity contribution < 1.29 is 13.2 Å². The molecule has 12 heteroatoms. The van der Waals surface area contributed by atoms with Crippen LogP contribution in [-0.2, 0) is 10.0 Å². The lowest BCUT2D eigenvalue weighted by Crippen LogP contribution is -2.29. The summed E-state index contributed by atoms with van der Waals surface area (Å²) in [4.78, 5) is 41.2. The number of benzene rings is 3. The fourth-order valence-corrected chi connectivity index (χ4v) is 5.13. The molecule has 4 aromatic rings. The van der Waals surface area contributed by atoms with E-state index in [9.17, 15) is 22.8 Å². The molecule has 10 nitrogen and oxygen atoms in total. The smallest absolute Gasteiger partial charge is 0.321 e. The third-order valence-electron chi connectivity index (χ3n) is 5.38. The SMILES string of the molecule is Cc1cc2[nH]c(=O)c(=O)[nH]c2cc1S(=O)(=O)Nc1ccc(-c2ccc(NC(=O)N(C)C)cc2)c(Cl)c1. The van der Waals surface area contributed by atoms with Crippen LogP contribution >= 0.6 is 11.6 Å². The number of amides is 2. The maximum Gasteiger partial charge on any atom is 0.321 e. The van der Waals surface area contributed by atoms with E-state index in [1.807, 2.05) is 0 Å². The molecule has 0 saturated carbocycles. The first-order valence-electron chi connectivity index (χ1n) is 10.6. The molecule has 36 heavy (non-hydrogen) atoms. The van der Waals surface area contributed by atoms with E-state index < -0.39 is 21.1 Å². The minimum absolute atomic E-state index is 0.0618. The van der Waals surface area contributed by atoms with E-state index in [4.69, 9.17) is 11.6 Å². The second-order valence-electron chi connectivity index (χ2n) is 8.27. The molecule has 0 bridgehead atoms. The lowest BCUT2D eigenvalue weighted by atomic mass is 10.0. The van der Waals surface area contributed by atoms with Crippen LogP contribution in [0.1, 0.15) is 5.56 Å². The Morgan fingerprint density at radius 2 is 1.47 bits per heavy atom. The first kappa shape index (κ1) is 25.0. The highest BCUT2D eigenvalue weighted by Gasteiger charge is 2.19. The van der Waals surface area contributed by atoms with Crippen molar-refractivity contribution in [2.45, 2.75) is 11.8 Å². The Morgan fingerprint density at radius 3 is 2.06 bits per heavy atom. The molecular weight excluding hydrogens is 506 g/mol. The van der Waals surface area contributed by atoms with Crippen LogP contribution in [0.15, 0.2) is 69.1 Å². The van der Waals surface area contributed by atoms with E-state index in [1.165, 1.54) is 23.1 Å². The highest BCUT2D eigenvalue weighted by molar-refractivity contribution is 7.92. The summed E-state index contributed by atoms with van der Waals surface area (Å²) in [5.74, 6) is 0. The summed E-state index contributed by atoms with van der Waals surface area (Å²) >= 11 is 6.46. The number of anilines is 2. The zero-order valence-electron chi connectivity index (χ0n) is 19.5. The molecule has 2 amide bonds. The molecule has 186 valence electrons. The first-order chi connectivity index (χ1) is 16.9. The molecule has 0 aliphatic rings. The van der Waals surface area contributed by atoms with Gasteiger partial charge in [0.1, 0.15) is 0 Å². The molecule has 0 aliphatic heterocycles. The van der Waals surface area contributed by atoms with Crippen molar-refractivity contribution in [1.29, 1.82) is 0 Å². The van der Waals surface area contributed by atoms with Crippen LogP contribution in [0.4, 0.5) is 16.2 Å². The van der Waals surface area contributed by atoms with Gasteiger partial charge in [-0.15, -0.1) is 0 Å². The largest absolute Gasteiger partial charge is 0.331 e. The number of sulfonamides is 1. The number of urea groups is 1. The summed E-state index contributed by atoms with van der Waals surface area (Å²) in [7, 11) is -0.759. The number of carbonyl (C=O) groups excluding carboxylic acids is 1. The maximum atomic E-state index is 13.1. The van der Waals surface area contributed by atoms with Crippen LogP contribution in [0.5, 0.6) is 0 Å². The summed E-state index contributed by atoms with van der Waals surface area (Å²) in [6, 6.07) is 14.3. The topological polar surface area (TPSA) is 144 Å². The fraction of sp³-hybridized carbons (Fsp3) is 0.125. The molecule has 0 fully saturated rings. The molecule has 0 radical (unpaired) electrons. The number of nitrogens with one attached hydrogen (secondary N) is 4. The Bertz CT molecular complexity index is 1710. The van der Waals surface area contributed by atoms with Gasteiger partial charge in [0.25, 0.3) is 10.0 Å². The van der Waals surface area contributed by atoms with E-state index in [0.29, 0.717) is 27.4 Å². The average molecular weight is 528 g/mol. The van der Waals surface area contributed by atoms with Gasteiger partial charge in [0, 0.05) is 25.3 Å². The fourth-order valence-electron chi connectivity index (χ4n) is 3.53. The van der Waals surface area contributed by atoms with Gasteiger partial charge in [0.05, 0.1) is 26.6 Å². The van der Waals surface area contributed by atoms with Crippen molar-refractivity contribution in [3.05, 3.63) is 85.9 Å². The summed E-state index contributed by atoms with van der Waals surface area (Å²) in [6.07, 6.45) is 0. The number of hydrogen-bond acceptors (Lipinski definition) is 5. The number of aromatic nitrogens is 2. The van der Waals surface area contributed by atoms with Crippen LogP contribution in [0.25, 0.3) is 22.2 Å². The number of aromatic amines is 2. The van der Waals surface area contributed by atoms with E-state index in [1.54, 1.807) is 57.4 Å². The van der Waals surface area contributed by atoms with Gasteiger partial charge < -0.3 is 20.2 Å². The van der Waals surface area contributed by atoms with Crippen LogP contribution in [0, 0.1) is 6.92 Å². The highest BCUT2D eigenvalue weighted by Crippen LogP contribution is 2.32. The van der Waals surface area contributed by atoms with Crippen LogP contribution in [-0.4, -0.2) is 43.4 Å². The number of aryl methyl sites for hydroxylation is 1.